The maximum Gasteiger partial charge on any atom is 0.290 e. The van der Waals surface area contributed by atoms with Crippen molar-refractivity contribution in [2.75, 3.05) is 13.1 Å². The van der Waals surface area contributed by atoms with Crippen molar-refractivity contribution in [3.05, 3.63) is 0 Å². The van der Waals surface area contributed by atoms with Gasteiger partial charge in [-0.15, -0.1) is 0 Å². The van der Waals surface area contributed by atoms with Crippen LogP contribution in [0.5, 0.6) is 0 Å². The molecule has 1 aliphatic heterocycles. The van der Waals surface area contributed by atoms with Gasteiger partial charge in [-0.05, 0) is 12.3 Å². The molecule has 0 aromatic carbocycles. The molecule has 0 radical (unpaired) electrons. The van der Waals surface area contributed by atoms with Crippen LogP contribution in [0.25, 0.3) is 0 Å². The summed E-state index contributed by atoms with van der Waals surface area (Å²) in [5.41, 5.74) is 0. The molecule has 3 heteroatoms. The Morgan fingerprint density at radius 1 is 1.33 bits per heavy atom. The third kappa shape index (κ3) is 1.49. The average Bonchev–Trinajstić information content (AvgIpc) is 2.82. The lowest BCUT2D eigenvalue weighted by atomic mass is 10.3. The van der Waals surface area contributed by atoms with Gasteiger partial charge in [-0.1, -0.05) is 12.8 Å². The third-order valence-corrected chi connectivity index (χ3v) is 2.64. The van der Waals surface area contributed by atoms with E-state index >= 15 is 0 Å². The Labute approximate surface area is 71.7 Å². The van der Waals surface area contributed by atoms with Crippen LogP contribution in [0, 0.1) is 5.92 Å². The molecule has 0 aromatic heterocycles. The highest BCUT2D eigenvalue weighted by Crippen LogP contribution is 2.32. The second kappa shape index (κ2) is 2.88. The normalized spacial score (nSPS) is 23.8. The molecule has 0 unspecified atom stereocenters. The summed E-state index contributed by atoms with van der Waals surface area (Å²) in [6.07, 6.45) is 4.16. The van der Waals surface area contributed by atoms with Gasteiger partial charge in [0, 0.05) is 19.5 Å². The summed E-state index contributed by atoms with van der Waals surface area (Å²) >= 11 is 0. The van der Waals surface area contributed by atoms with Crippen LogP contribution in [0.4, 0.5) is 0 Å². The number of hydrogen-bond acceptors (Lipinski definition) is 2. The first-order chi connectivity index (χ1) is 5.77. The number of carbonyl (C=O) groups is 2. The molecular weight excluding hydrogens is 154 g/mol. The van der Waals surface area contributed by atoms with Crippen molar-refractivity contribution >= 4 is 11.7 Å². The van der Waals surface area contributed by atoms with E-state index in [9.17, 15) is 9.59 Å². The lowest BCUT2D eigenvalue weighted by molar-refractivity contribution is -0.140. The van der Waals surface area contributed by atoms with Gasteiger partial charge in [0.15, 0.2) is 0 Å². The molecule has 0 bridgehead atoms. The number of hydrogen-bond donors (Lipinski definition) is 0. The van der Waals surface area contributed by atoms with Crippen molar-refractivity contribution in [1.29, 1.82) is 0 Å². The molecule has 2 aliphatic rings. The zero-order valence-electron chi connectivity index (χ0n) is 7.08. The smallest absolute Gasteiger partial charge is 0.290 e. The first-order valence-electron chi connectivity index (χ1n) is 4.59. The van der Waals surface area contributed by atoms with Gasteiger partial charge < -0.3 is 4.90 Å². The summed E-state index contributed by atoms with van der Waals surface area (Å²) < 4.78 is 0. The van der Waals surface area contributed by atoms with Crippen molar-refractivity contribution in [2.24, 2.45) is 5.92 Å². The zero-order chi connectivity index (χ0) is 8.55. The largest absolute Gasteiger partial charge is 0.336 e. The molecule has 1 aliphatic carbocycles. The minimum Gasteiger partial charge on any atom is -0.336 e. The van der Waals surface area contributed by atoms with E-state index in [1.54, 1.807) is 4.90 Å². The maximum absolute atomic E-state index is 11.1. The van der Waals surface area contributed by atoms with Gasteiger partial charge in [-0.2, -0.15) is 0 Å². The van der Waals surface area contributed by atoms with Crippen LogP contribution in [0.1, 0.15) is 25.7 Å². The van der Waals surface area contributed by atoms with Gasteiger partial charge >= 0.3 is 0 Å². The number of likely N-dealkylation sites (tertiary alicyclic amines) is 1. The summed E-state index contributed by atoms with van der Waals surface area (Å²) in [5, 5.41) is 0. The minimum atomic E-state index is -0.254. The van der Waals surface area contributed by atoms with Gasteiger partial charge in [0.25, 0.3) is 5.91 Å². The Balaban J connectivity index is 1.79. The number of amides is 1. The van der Waals surface area contributed by atoms with Gasteiger partial charge in [-0.3, -0.25) is 9.59 Å². The molecule has 1 saturated carbocycles. The first kappa shape index (κ1) is 7.77. The highest BCUT2D eigenvalue weighted by atomic mass is 16.2. The Bertz CT molecular complexity index is 221. The number of Topliss-reactive ketones (excluding diaryl/α,β-unsaturated/α-hetero) is 1. The monoisotopic (exact) mass is 167 g/mol. The fraction of sp³-hybridized carbons (Fsp3) is 0.778. The Morgan fingerprint density at radius 2 is 2.08 bits per heavy atom. The highest BCUT2D eigenvalue weighted by molar-refractivity contribution is 6.37. The van der Waals surface area contributed by atoms with E-state index in [1.165, 1.54) is 12.8 Å². The molecular formula is C9H13NO2. The summed E-state index contributed by atoms with van der Waals surface area (Å²) in [6.45, 7) is 1.46. The highest BCUT2D eigenvalue weighted by Gasteiger charge is 2.30. The average molecular weight is 167 g/mol. The van der Waals surface area contributed by atoms with Gasteiger partial charge in [-0.25, -0.2) is 0 Å². The van der Waals surface area contributed by atoms with Gasteiger partial charge in [0.1, 0.15) is 0 Å². The maximum atomic E-state index is 11.1. The summed E-state index contributed by atoms with van der Waals surface area (Å²) in [7, 11) is 0. The van der Waals surface area contributed by atoms with Crippen LogP contribution >= 0.6 is 0 Å². The molecule has 0 N–H and O–H groups in total. The summed E-state index contributed by atoms with van der Waals surface area (Å²) in [4.78, 5) is 23.7. The van der Waals surface area contributed by atoms with E-state index in [4.69, 9.17) is 0 Å². The predicted molar refractivity (Wildman–Crippen MR) is 43.5 cm³/mol. The van der Waals surface area contributed by atoms with E-state index in [0.29, 0.717) is 13.0 Å². The number of rotatable bonds is 3. The lowest BCUT2D eigenvalue weighted by Crippen LogP contribution is -2.28. The SMILES string of the molecule is O=C1CCN(CCC2CC2)C1=O. The molecule has 0 spiro atoms. The van der Waals surface area contributed by atoms with E-state index in [1.807, 2.05) is 0 Å². The minimum absolute atomic E-state index is 0.203. The molecule has 0 aromatic rings. The fourth-order valence-corrected chi connectivity index (χ4v) is 1.58. The number of nitrogens with zero attached hydrogens (tertiary/aromatic N) is 1. The quantitative estimate of drug-likeness (QED) is 0.577. The number of ketones is 1. The van der Waals surface area contributed by atoms with E-state index < -0.39 is 0 Å². The first-order valence-corrected chi connectivity index (χ1v) is 4.59. The molecule has 1 heterocycles. The van der Waals surface area contributed by atoms with E-state index in [-0.39, 0.29) is 11.7 Å². The standard InChI is InChI=1S/C9H13NO2/c11-8-4-6-10(9(8)12)5-3-7-1-2-7/h7H,1-6H2. The van der Waals surface area contributed by atoms with Crippen LogP contribution in [-0.2, 0) is 9.59 Å². The van der Waals surface area contributed by atoms with Crippen molar-refractivity contribution in [3.8, 4) is 0 Å². The Hall–Kier alpha value is -0.860. The fourth-order valence-electron chi connectivity index (χ4n) is 1.58. The molecule has 1 saturated heterocycles. The Morgan fingerprint density at radius 3 is 2.58 bits per heavy atom. The van der Waals surface area contributed by atoms with Crippen molar-refractivity contribution in [3.63, 3.8) is 0 Å². The molecule has 12 heavy (non-hydrogen) atoms. The summed E-state index contributed by atoms with van der Waals surface area (Å²) in [5.74, 6) is 0.384. The zero-order valence-corrected chi connectivity index (χ0v) is 7.08. The van der Waals surface area contributed by atoms with E-state index in [0.717, 1.165) is 18.9 Å². The second-order valence-corrected chi connectivity index (χ2v) is 3.70. The van der Waals surface area contributed by atoms with Crippen molar-refractivity contribution in [1.82, 2.24) is 4.90 Å². The molecule has 0 atom stereocenters. The van der Waals surface area contributed by atoms with E-state index in [2.05, 4.69) is 0 Å². The summed E-state index contributed by atoms with van der Waals surface area (Å²) in [6, 6.07) is 0. The van der Waals surface area contributed by atoms with Crippen molar-refractivity contribution in [2.45, 2.75) is 25.7 Å². The molecule has 2 fully saturated rings. The van der Waals surface area contributed by atoms with Crippen LogP contribution < -0.4 is 0 Å². The lowest BCUT2D eigenvalue weighted by Gasteiger charge is -2.13. The molecule has 2 rings (SSSR count). The van der Waals surface area contributed by atoms with Crippen LogP contribution in [-0.4, -0.2) is 29.7 Å². The third-order valence-electron chi connectivity index (χ3n) is 2.64. The molecule has 3 nitrogen and oxygen atoms in total. The van der Waals surface area contributed by atoms with Crippen LogP contribution in [0.15, 0.2) is 0 Å². The topological polar surface area (TPSA) is 37.4 Å². The van der Waals surface area contributed by atoms with Gasteiger partial charge in [0.2, 0.25) is 5.78 Å². The van der Waals surface area contributed by atoms with Gasteiger partial charge in [0.05, 0.1) is 0 Å². The van der Waals surface area contributed by atoms with Crippen LogP contribution in [0.2, 0.25) is 0 Å². The van der Waals surface area contributed by atoms with Crippen LogP contribution in [0.3, 0.4) is 0 Å². The second-order valence-electron chi connectivity index (χ2n) is 3.70. The number of carbonyl (C=O) groups excluding carboxylic acids is 2. The predicted octanol–water partition coefficient (Wildman–Crippen LogP) is 0.588. The molecule has 66 valence electrons. The Kier molecular flexibility index (Phi) is 1.87. The molecule has 1 amide bonds. The van der Waals surface area contributed by atoms with Crippen molar-refractivity contribution < 1.29 is 9.59 Å².